The van der Waals surface area contributed by atoms with Crippen LogP contribution < -0.4 is 0 Å². The molecule has 0 spiro atoms. The third kappa shape index (κ3) is 3.55. The Morgan fingerprint density at radius 2 is 2.00 bits per heavy atom. The van der Waals surface area contributed by atoms with Crippen molar-refractivity contribution in [3.63, 3.8) is 0 Å². The summed E-state index contributed by atoms with van der Waals surface area (Å²) in [7, 11) is 0.883. The highest BCUT2D eigenvalue weighted by atomic mass is 35.7. The van der Waals surface area contributed by atoms with E-state index >= 15 is 0 Å². The van der Waals surface area contributed by atoms with Gasteiger partial charge in [0.2, 0.25) is 9.05 Å². The fourth-order valence-corrected chi connectivity index (χ4v) is 2.53. The Morgan fingerprint density at radius 3 is 2.08 bits per heavy atom. The number of hydrogen-bond donors (Lipinski definition) is 0. The molecule has 0 amide bonds. The number of nitro groups is 1. The molecule has 0 radical (unpaired) electrons. The van der Waals surface area contributed by atoms with E-state index in [-0.39, 0.29) is 6.42 Å². The van der Waals surface area contributed by atoms with Gasteiger partial charge in [0.1, 0.15) is 5.75 Å². The molecule has 72 valence electrons. The number of hydrogen-bond acceptors (Lipinski definition) is 4. The van der Waals surface area contributed by atoms with Gasteiger partial charge in [-0.25, -0.2) is 8.42 Å². The van der Waals surface area contributed by atoms with Gasteiger partial charge in [-0.3, -0.25) is 10.1 Å². The van der Waals surface area contributed by atoms with Crippen LogP contribution in [0.4, 0.5) is 0 Å². The Morgan fingerprint density at radius 1 is 1.58 bits per heavy atom. The third-order valence-corrected chi connectivity index (χ3v) is 3.11. The van der Waals surface area contributed by atoms with Gasteiger partial charge in [-0.05, 0) is 11.6 Å². The van der Waals surface area contributed by atoms with Gasteiger partial charge in [-0.15, -0.1) is 0 Å². The molecule has 0 saturated carbocycles. The molecule has 0 aromatic carbocycles. The van der Waals surface area contributed by atoms with Crippen LogP contribution in [-0.2, 0) is 9.05 Å². The highest BCUT2D eigenvalue weighted by Gasteiger charge is 2.42. The number of halogens is 2. The SMILES string of the molecule is CCC(Cl)(CS(=O)(=O)Cl)[N+](=O)[O-]. The Bertz CT molecular complexity index is 277. The van der Waals surface area contributed by atoms with Gasteiger partial charge in [-0.1, -0.05) is 6.92 Å². The molecule has 0 bridgehead atoms. The smallest absolute Gasteiger partial charge is 0.263 e. The summed E-state index contributed by atoms with van der Waals surface area (Å²) < 4.78 is 21.0. The predicted octanol–water partition coefficient (Wildman–Crippen LogP) is 1.18. The molecular formula is C4H7Cl2NO4S. The lowest BCUT2D eigenvalue weighted by Gasteiger charge is -2.13. The van der Waals surface area contributed by atoms with Crippen molar-refractivity contribution in [2.75, 3.05) is 5.75 Å². The summed E-state index contributed by atoms with van der Waals surface area (Å²) in [4.78, 5) is 7.43. The lowest BCUT2D eigenvalue weighted by Crippen LogP contribution is -2.37. The summed E-state index contributed by atoms with van der Waals surface area (Å²) in [5.41, 5.74) is 0. The molecule has 0 heterocycles. The summed E-state index contributed by atoms with van der Waals surface area (Å²) >= 11 is 5.38. The first-order chi connectivity index (χ1) is 5.21. The minimum atomic E-state index is -3.94. The van der Waals surface area contributed by atoms with Crippen molar-refractivity contribution in [2.45, 2.75) is 18.3 Å². The normalized spacial score (nSPS) is 16.9. The summed E-state index contributed by atoms with van der Waals surface area (Å²) in [6.07, 6.45) is -0.104. The van der Waals surface area contributed by atoms with E-state index in [1.165, 1.54) is 6.92 Å². The lowest BCUT2D eigenvalue weighted by atomic mass is 10.3. The van der Waals surface area contributed by atoms with Crippen LogP contribution in [0.25, 0.3) is 0 Å². The molecule has 12 heavy (non-hydrogen) atoms. The lowest BCUT2D eigenvalue weighted by molar-refractivity contribution is -0.536. The van der Waals surface area contributed by atoms with Gasteiger partial charge in [0.25, 0.3) is 0 Å². The Hall–Kier alpha value is -0.0700. The summed E-state index contributed by atoms with van der Waals surface area (Å²) in [6, 6.07) is 0. The molecular weight excluding hydrogens is 229 g/mol. The van der Waals surface area contributed by atoms with Crippen LogP contribution in [-0.4, -0.2) is 24.1 Å². The highest BCUT2D eigenvalue weighted by Crippen LogP contribution is 2.23. The van der Waals surface area contributed by atoms with Crippen LogP contribution in [0.5, 0.6) is 0 Å². The van der Waals surface area contributed by atoms with E-state index in [4.69, 9.17) is 22.3 Å². The Balaban J connectivity index is 4.69. The van der Waals surface area contributed by atoms with E-state index in [9.17, 15) is 18.5 Å². The zero-order chi connectivity index (χ0) is 9.99. The minimum absolute atomic E-state index is 0.104. The molecule has 8 heteroatoms. The van der Waals surface area contributed by atoms with Crippen molar-refractivity contribution in [1.82, 2.24) is 0 Å². The zero-order valence-electron chi connectivity index (χ0n) is 6.16. The molecule has 0 aromatic rings. The summed E-state index contributed by atoms with van der Waals surface area (Å²) in [6.45, 7) is 1.41. The average molecular weight is 236 g/mol. The standard InChI is InChI=1S/C4H7Cl2NO4S/c1-2-4(5,7(8)9)3-12(6,10)11/h2-3H2,1H3. The molecule has 0 aliphatic carbocycles. The topological polar surface area (TPSA) is 77.3 Å². The third-order valence-electron chi connectivity index (χ3n) is 1.26. The molecule has 0 fully saturated rings. The summed E-state index contributed by atoms with van der Waals surface area (Å²) in [5.74, 6) is -0.868. The second kappa shape index (κ2) is 3.76. The van der Waals surface area contributed by atoms with Gasteiger partial charge in [-0.2, -0.15) is 0 Å². The van der Waals surface area contributed by atoms with Crippen LogP contribution in [0, 0.1) is 10.1 Å². The molecule has 0 rings (SSSR count). The van der Waals surface area contributed by atoms with Crippen LogP contribution >= 0.6 is 22.3 Å². The van der Waals surface area contributed by atoms with Gasteiger partial charge in [0.05, 0.1) is 0 Å². The van der Waals surface area contributed by atoms with Crippen molar-refractivity contribution in [3.8, 4) is 0 Å². The zero-order valence-corrected chi connectivity index (χ0v) is 8.49. The summed E-state index contributed by atoms with van der Waals surface area (Å²) in [5, 5.41) is 10.3. The number of rotatable bonds is 4. The first-order valence-electron chi connectivity index (χ1n) is 2.97. The maximum Gasteiger partial charge on any atom is 0.309 e. The van der Waals surface area contributed by atoms with Gasteiger partial charge in [0.15, 0.2) is 0 Å². The van der Waals surface area contributed by atoms with Crippen molar-refractivity contribution >= 4 is 31.3 Å². The van der Waals surface area contributed by atoms with Crippen molar-refractivity contribution in [1.29, 1.82) is 0 Å². The highest BCUT2D eigenvalue weighted by molar-refractivity contribution is 8.13. The van der Waals surface area contributed by atoms with E-state index in [0.29, 0.717) is 0 Å². The Kier molecular flexibility index (Phi) is 3.74. The van der Waals surface area contributed by atoms with E-state index < -0.39 is 24.7 Å². The van der Waals surface area contributed by atoms with E-state index in [2.05, 4.69) is 0 Å². The first-order valence-corrected chi connectivity index (χ1v) is 5.82. The van der Waals surface area contributed by atoms with Crippen LogP contribution in [0.2, 0.25) is 0 Å². The number of alkyl halides is 1. The van der Waals surface area contributed by atoms with Crippen molar-refractivity contribution < 1.29 is 13.3 Å². The number of nitrogens with zero attached hydrogens (tertiary/aromatic N) is 1. The molecule has 5 nitrogen and oxygen atoms in total. The van der Waals surface area contributed by atoms with Crippen molar-refractivity contribution in [2.24, 2.45) is 0 Å². The maximum atomic E-state index is 10.5. The second-order valence-electron chi connectivity index (χ2n) is 2.21. The quantitative estimate of drug-likeness (QED) is 0.241. The molecule has 0 aromatic heterocycles. The predicted molar refractivity (Wildman–Crippen MR) is 45.5 cm³/mol. The Labute approximate surface area is 79.2 Å². The average Bonchev–Trinajstić information content (AvgIpc) is 1.83. The van der Waals surface area contributed by atoms with Crippen molar-refractivity contribution in [3.05, 3.63) is 10.1 Å². The fourth-order valence-electron chi connectivity index (χ4n) is 0.548. The van der Waals surface area contributed by atoms with Crippen LogP contribution in [0.1, 0.15) is 13.3 Å². The maximum absolute atomic E-state index is 10.5. The minimum Gasteiger partial charge on any atom is -0.263 e. The second-order valence-corrected chi connectivity index (χ2v) is 5.69. The molecule has 0 N–H and O–H groups in total. The fraction of sp³-hybridized carbons (Fsp3) is 1.00. The molecule has 0 aliphatic heterocycles. The molecule has 0 aliphatic rings. The first kappa shape index (κ1) is 11.9. The van der Waals surface area contributed by atoms with E-state index in [1.807, 2.05) is 0 Å². The van der Waals surface area contributed by atoms with Gasteiger partial charge >= 0.3 is 5.00 Å². The van der Waals surface area contributed by atoms with Gasteiger partial charge in [0, 0.05) is 22.0 Å². The van der Waals surface area contributed by atoms with E-state index in [1.54, 1.807) is 0 Å². The van der Waals surface area contributed by atoms with E-state index in [0.717, 1.165) is 0 Å². The van der Waals surface area contributed by atoms with Gasteiger partial charge < -0.3 is 0 Å². The molecule has 1 atom stereocenters. The van der Waals surface area contributed by atoms with Crippen LogP contribution in [0.15, 0.2) is 0 Å². The largest absolute Gasteiger partial charge is 0.309 e. The van der Waals surface area contributed by atoms with Crippen LogP contribution in [0.3, 0.4) is 0 Å². The molecule has 1 unspecified atom stereocenters. The molecule has 0 saturated heterocycles. The monoisotopic (exact) mass is 235 g/mol.